The predicted octanol–water partition coefficient (Wildman–Crippen LogP) is 1.10. The number of nitrogens with zero attached hydrogens (tertiary/aromatic N) is 2. The number of carbonyl (C=O) groups excluding carboxylic acids is 1. The minimum atomic E-state index is -0.139. The van der Waals surface area contributed by atoms with Crippen molar-refractivity contribution in [2.24, 2.45) is 0 Å². The van der Waals surface area contributed by atoms with E-state index in [1.807, 2.05) is 6.07 Å². The SMILES string of the molecule is N#Cc1cc(Cl)c2c(n1)NC(=O)C2. The average Bonchev–Trinajstić information content (AvgIpc) is 2.46. The second-order valence-electron chi connectivity index (χ2n) is 2.65. The predicted molar refractivity (Wildman–Crippen MR) is 46.3 cm³/mol. The van der Waals surface area contributed by atoms with Crippen LogP contribution in [0.4, 0.5) is 5.82 Å². The van der Waals surface area contributed by atoms with Gasteiger partial charge in [-0.05, 0) is 6.07 Å². The fourth-order valence-electron chi connectivity index (χ4n) is 1.21. The van der Waals surface area contributed by atoms with Gasteiger partial charge in [-0.2, -0.15) is 5.26 Å². The maximum atomic E-state index is 11.0. The molecule has 0 radical (unpaired) electrons. The molecule has 1 aliphatic rings. The zero-order chi connectivity index (χ0) is 9.42. The van der Waals surface area contributed by atoms with Crippen molar-refractivity contribution < 1.29 is 4.79 Å². The highest BCUT2D eigenvalue weighted by Crippen LogP contribution is 2.28. The molecule has 13 heavy (non-hydrogen) atoms. The van der Waals surface area contributed by atoms with Gasteiger partial charge < -0.3 is 5.32 Å². The molecule has 0 atom stereocenters. The van der Waals surface area contributed by atoms with E-state index < -0.39 is 0 Å². The molecule has 5 heteroatoms. The molecule has 1 aromatic heterocycles. The zero-order valence-electron chi connectivity index (χ0n) is 6.47. The summed E-state index contributed by atoms with van der Waals surface area (Å²) in [4.78, 5) is 14.9. The average molecular weight is 194 g/mol. The smallest absolute Gasteiger partial charge is 0.230 e. The monoisotopic (exact) mass is 193 g/mol. The van der Waals surface area contributed by atoms with Crippen molar-refractivity contribution in [3.05, 3.63) is 22.3 Å². The van der Waals surface area contributed by atoms with Crippen LogP contribution in [0.2, 0.25) is 5.02 Å². The summed E-state index contributed by atoms with van der Waals surface area (Å²) in [5.74, 6) is 0.272. The summed E-state index contributed by atoms with van der Waals surface area (Å²) in [6.07, 6.45) is 0.243. The van der Waals surface area contributed by atoms with E-state index in [0.717, 1.165) is 0 Å². The lowest BCUT2D eigenvalue weighted by molar-refractivity contribution is -0.115. The van der Waals surface area contributed by atoms with Gasteiger partial charge in [0, 0.05) is 5.56 Å². The summed E-state index contributed by atoms with van der Waals surface area (Å²) in [6.45, 7) is 0. The lowest BCUT2D eigenvalue weighted by Gasteiger charge is -1.99. The van der Waals surface area contributed by atoms with Gasteiger partial charge in [0.15, 0.2) is 0 Å². The summed E-state index contributed by atoms with van der Waals surface area (Å²) in [5, 5.41) is 11.5. The molecule has 1 N–H and O–H groups in total. The largest absolute Gasteiger partial charge is 0.310 e. The molecule has 2 heterocycles. The van der Waals surface area contributed by atoms with E-state index >= 15 is 0 Å². The maximum Gasteiger partial charge on any atom is 0.230 e. The molecular formula is C8H4ClN3O. The topological polar surface area (TPSA) is 65.8 Å². The van der Waals surface area contributed by atoms with Gasteiger partial charge in [0.2, 0.25) is 5.91 Å². The summed E-state index contributed by atoms with van der Waals surface area (Å²) < 4.78 is 0. The molecule has 1 aromatic rings. The second-order valence-corrected chi connectivity index (χ2v) is 3.06. The molecule has 0 saturated carbocycles. The Bertz CT molecular complexity index is 436. The van der Waals surface area contributed by atoms with Crippen molar-refractivity contribution in [3.8, 4) is 6.07 Å². The fraction of sp³-hybridized carbons (Fsp3) is 0.125. The van der Waals surface area contributed by atoms with Crippen molar-refractivity contribution in [1.29, 1.82) is 5.26 Å². The van der Waals surface area contributed by atoms with E-state index in [1.165, 1.54) is 6.07 Å². The number of hydrogen-bond donors (Lipinski definition) is 1. The van der Waals surface area contributed by atoms with Gasteiger partial charge in [-0.25, -0.2) is 4.98 Å². The van der Waals surface area contributed by atoms with E-state index in [2.05, 4.69) is 10.3 Å². The Labute approximate surface area is 79.1 Å². The van der Waals surface area contributed by atoms with Crippen LogP contribution in [0.5, 0.6) is 0 Å². The quantitative estimate of drug-likeness (QED) is 0.671. The van der Waals surface area contributed by atoms with Gasteiger partial charge in [0.05, 0.1) is 11.4 Å². The molecule has 0 fully saturated rings. The van der Waals surface area contributed by atoms with E-state index in [0.29, 0.717) is 16.4 Å². The van der Waals surface area contributed by atoms with Crippen molar-refractivity contribution >= 4 is 23.3 Å². The molecule has 64 valence electrons. The van der Waals surface area contributed by atoms with Crippen molar-refractivity contribution in [2.75, 3.05) is 5.32 Å². The van der Waals surface area contributed by atoms with Gasteiger partial charge in [-0.1, -0.05) is 11.6 Å². The molecule has 0 aliphatic carbocycles. The highest BCUT2D eigenvalue weighted by Gasteiger charge is 2.22. The van der Waals surface area contributed by atoms with Crippen LogP contribution >= 0.6 is 11.6 Å². The first-order valence-corrected chi connectivity index (χ1v) is 3.98. The lowest BCUT2D eigenvalue weighted by atomic mass is 10.2. The maximum absolute atomic E-state index is 11.0. The number of halogens is 1. The Balaban J connectivity index is 2.60. The molecule has 0 aromatic carbocycles. The van der Waals surface area contributed by atoms with Crippen molar-refractivity contribution in [2.45, 2.75) is 6.42 Å². The van der Waals surface area contributed by atoms with E-state index in [-0.39, 0.29) is 18.0 Å². The van der Waals surface area contributed by atoms with Gasteiger partial charge >= 0.3 is 0 Å². The number of aromatic nitrogens is 1. The highest BCUT2D eigenvalue weighted by molar-refractivity contribution is 6.32. The van der Waals surface area contributed by atoms with Crippen molar-refractivity contribution in [1.82, 2.24) is 4.98 Å². The first-order valence-electron chi connectivity index (χ1n) is 3.60. The summed E-state index contributed by atoms with van der Waals surface area (Å²) in [5.41, 5.74) is 0.886. The van der Waals surface area contributed by atoms with Crippen molar-refractivity contribution in [3.63, 3.8) is 0 Å². The Morgan fingerprint density at radius 2 is 2.46 bits per heavy atom. The van der Waals surface area contributed by atoms with Gasteiger partial charge in [0.25, 0.3) is 0 Å². The Morgan fingerprint density at radius 1 is 1.69 bits per heavy atom. The standard InChI is InChI=1S/C8H4ClN3O/c9-6-1-4(3-10)11-8-5(6)2-7(13)12-8/h1H,2H2,(H,11,12,13). The molecular weight excluding hydrogens is 190 g/mol. The molecule has 1 amide bonds. The Kier molecular flexibility index (Phi) is 1.67. The number of hydrogen-bond acceptors (Lipinski definition) is 3. The summed E-state index contributed by atoms with van der Waals surface area (Å²) in [7, 11) is 0. The third kappa shape index (κ3) is 1.23. The fourth-order valence-corrected chi connectivity index (χ4v) is 1.47. The number of anilines is 1. The Morgan fingerprint density at radius 3 is 3.15 bits per heavy atom. The van der Waals surface area contributed by atoms with Crippen LogP contribution < -0.4 is 5.32 Å². The molecule has 0 unspecified atom stereocenters. The Hall–Kier alpha value is -1.60. The van der Waals surface area contributed by atoms with E-state index in [1.54, 1.807) is 0 Å². The highest BCUT2D eigenvalue weighted by atomic mass is 35.5. The normalized spacial score (nSPS) is 13.4. The summed E-state index contributed by atoms with van der Waals surface area (Å²) in [6, 6.07) is 3.32. The number of nitriles is 1. The summed E-state index contributed by atoms with van der Waals surface area (Å²) >= 11 is 5.84. The van der Waals surface area contributed by atoms with Crippen LogP contribution in [0.1, 0.15) is 11.3 Å². The van der Waals surface area contributed by atoms with E-state index in [4.69, 9.17) is 16.9 Å². The van der Waals surface area contributed by atoms with Gasteiger partial charge in [-0.3, -0.25) is 4.79 Å². The number of carbonyl (C=O) groups is 1. The number of fused-ring (bicyclic) bond motifs is 1. The third-order valence-electron chi connectivity index (χ3n) is 1.78. The van der Waals surface area contributed by atoms with Crippen LogP contribution in [0.25, 0.3) is 0 Å². The first-order chi connectivity index (χ1) is 6.20. The van der Waals surface area contributed by atoms with Gasteiger partial charge in [0.1, 0.15) is 17.6 Å². The third-order valence-corrected chi connectivity index (χ3v) is 2.12. The van der Waals surface area contributed by atoms with Crippen LogP contribution in [-0.4, -0.2) is 10.9 Å². The van der Waals surface area contributed by atoms with Crippen LogP contribution in [0.3, 0.4) is 0 Å². The number of amides is 1. The molecule has 2 rings (SSSR count). The molecule has 1 aliphatic heterocycles. The first kappa shape index (κ1) is 8.02. The minimum absolute atomic E-state index is 0.139. The molecule has 4 nitrogen and oxygen atoms in total. The number of nitrogens with one attached hydrogen (secondary N) is 1. The second kappa shape index (κ2) is 2.71. The number of rotatable bonds is 0. The number of pyridine rings is 1. The van der Waals surface area contributed by atoms with E-state index in [9.17, 15) is 4.79 Å². The zero-order valence-corrected chi connectivity index (χ0v) is 7.22. The van der Waals surface area contributed by atoms with Crippen LogP contribution in [-0.2, 0) is 11.2 Å². The molecule has 0 saturated heterocycles. The van der Waals surface area contributed by atoms with Crippen LogP contribution in [0, 0.1) is 11.3 Å². The minimum Gasteiger partial charge on any atom is -0.310 e. The molecule has 0 spiro atoms. The molecule has 0 bridgehead atoms. The van der Waals surface area contributed by atoms with Gasteiger partial charge in [-0.15, -0.1) is 0 Å². The van der Waals surface area contributed by atoms with Crippen LogP contribution in [0.15, 0.2) is 6.07 Å². The lowest BCUT2D eigenvalue weighted by Crippen LogP contribution is -2.04.